The van der Waals surface area contributed by atoms with E-state index in [1.165, 1.54) is 12.1 Å². The van der Waals surface area contributed by atoms with Crippen LogP contribution in [0.2, 0.25) is 0 Å². The van der Waals surface area contributed by atoms with E-state index in [0.29, 0.717) is 23.4 Å². The summed E-state index contributed by atoms with van der Waals surface area (Å²) in [7, 11) is 3.51. The molecule has 1 heterocycles. The quantitative estimate of drug-likeness (QED) is 0.700. The van der Waals surface area contributed by atoms with Gasteiger partial charge in [0.2, 0.25) is 5.91 Å². The third-order valence-electron chi connectivity index (χ3n) is 4.62. The molecule has 0 spiro atoms. The first-order valence-electron chi connectivity index (χ1n) is 8.53. The number of nitrogens with one attached hydrogen (secondary N) is 1. The molecule has 27 heavy (non-hydrogen) atoms. The maximum Gasteiger partial charge on any atom is 0.249 e. The summed E-state index contributed by atoms with van der Waals surface area (Å²) in [4.78, 5) is 16.0. The molecule has 0 aromatic heterocycles. The highest BCUT2D eigenvalue weighted by Crippen LogP contribution is 2.32. The molecule has 1 amide bonds. The van der Waals surface area contributed by atoms with E-state index in [4.69, 9.17) is 11.5 Å². The fourth-order valence-electron chi connectivity index (χ4n) is 3.31. The van der Waals surface area contributed by atoms with E-state index < -0.39 is 5.91 Å². The minimum atomic E-state index is -0.535. The van der Waals surface area contributed by atoms with Crippen LogP contribution in [0.5, 0.6) is 0 Å². The molecule has 1 aliphatic rings. The Morgan fingerprint density at radius 3 is 2.63 bits per heavy atom. The number of primary amides is 1. The summed E-state index contributed by atoms with van der Waals surface area (Å²) in [6, 6.07) is 11.8. The van der Waals surface area contributed by atoms with Crippen molar-refractivity contribution in [3.63, 3.8) is 0 Å². The van der Waals surface area contributed by atoms with Gasteiger partial charge in [-0.3, -0.25) is 9.79 Å². The smallest absolute Gasteiger partial charge is 0.249 e. The molecule has 0 saturated heterocycles. The maximum atomic E-state index is 13.7. The third kappa shape index (κ3) is 3.60. The van der Waals surface area contributed by atoms with Crippen molar-refractivity contribution in [1.29, 1.82) is 0 Å². The lowest BCUT2D eigenvalue weighted by atomic mass is 9.94. The van der Waals surface area contributed by atoms with Gasteiger partial charge in [0.15, 0.2) is 0 Å². The van der Waals surface area contributed by atoms with Gasteiger partial charge < -0.3 is 16.5 Å². The molecular weight excluding hydrogens is 345 g/mol. The minimum absolute atomic E-state index is 0.189. The molecule has 2 aromatic rings. The normalized spacial score (nSPS) is 14.8. The Balaban J connectivity index is 2.19. The van der Waals surface area contributed by atoms with Gasteiger partial charge in [-0.15, -0.1) is 0 Å². The van der Waals surface area contributed by atoms with Gasteiger partial charge in [0.1, 0.15) is 5.82 Å². The second-order valence-electron chi connectivity index (χ2n) is 6.23. The predicted molar refractivity (Wildman–Crippen MR) is 105 cm³/mol. The van der Waals surface area contributed by atoms with Crippen LogP contribution in [0.1, 0.15) is 27.0 Å². The van der Waals surface area contributed by atoms with E-state index in [1.54, 1.807) is 19.2 Å². The predicted octanol–water partition coefficient (Wildman–Crippen LogP) is 1.62. The molecule has 0 saturated carbocycles. The zero-order valence-corrected chi connectivity index (χ0v) is 15.3. The van der Waals surface area contributed by atoms with Crippen molar-refractivity contribution in [3.05, 3.63) is 70.5 Å². The van der Waals surface area contributed by atoms with E-state index in [2.05, 4.69) is 10.4 Å². The summed E-state index contributed by atoms with van der Waals surface area (Å²) in [5.74, 6) is -0.833. The molecule has 5 N–H and O–H groups in total. The molecule has 3 rings (SSSR count). The van der Waals surface area contributed by atoms with Crippen LogP contribution < -0.4 is 16.9 Å². The average Bonchev–Trinajstić information content (AvgIpc) is 3.04. The van der Waals surface area contributed by atoms with E-state index in [-0.39, 0.29) is 12.4 Å². The fourth-order valence-corrected chi connectivity index (χ4v) is 3.31. The molecule has 0 radical (unpaired) electrons. The zero-order chi connectivity index (χ0) is 19.6. The van der Waals surface area contributed by atoms with Crippen LogP contribution in [0, 0.1) is 5.82 Å². The van der Waals surface area contributed by atoms with Gasteiger partial charge in [-0.2, -0.15) is 0 Å². The minimum Gasteiger partial charge on any atom is -0.366 e. The number of aliphatic imine (C=N–C) groups is 1. The standard InChI is InChI=1S/C20H22FN5O/c1-24-18(10-22)16-9-12(6-7-15(16)20(23)27)17-11-25-26(2)19(17)13-4-3-5-14(21)8-13/h3-9,25H,10-11,22H2,1-2H3,(H2,23,27). The monoisotopic (exact) mass is 367 g/mol. The topological polar surface area (TPSA) is 96.7 Å². The highest BCUT2D eigenvalue weighted by atomic mass is 19.1. The highest BCUT2D eigenvalue weighted by Gasteiger charge is 2.23. The lowest BCUT2D eigenvalue weighted by Gasteiger charge is -2.17. The van der Waals surface area contributed by atoms with E-state index >= 15 is 0 Å². The molecule has 0 unspecified atom stereocenters. The van der Waals surface area contributed by atoms with Gasteiger partial charge >= 0.3 is 0 Å². The Morgan fingerprint density at radius 1 is 1.22 bits per heavy atom. The van der Waals surface area contributed by atoms with Crippen LogP contribution in [0.4, 0.5) is 4.39 Å². The maximum absolute atomic E-state index is 13.7. The van der Waals surface area contributed by atoms with Crippen molar-refractivity contribution >= 4 is 22.9 Å². The number of carbonyl (C=O) groups excluding carboxylic acids is 1. The molecule has 0 aliphatic carbocycles. The number of hydrazine groups is 1. The van der Waals surface area contributed by atoms with Crippen LogP contribution in [0.25, 0.3) is 11.3 Å². The number of nitrogens with zero attached hydrogens (tertiary/aromatic N) is 2. The zero-order valence-electron chi connectivity index (χ0n) is 15.3. The van der Waals surface area contributed by atoms with Crippen LogP contribution in [-0.4, -0.2) is 43.8 Å². The van der Waals surface area contributed by atoms with Crippen molar-refractivity contribution in [1.82, 2.24) is 10.4 Å². The van der Waals surface area contributed by atoms with Gasteiger partial charge in [0.05, 0.1) is 11.4 Å². The van der Waals surface area contributed by atoms with Gasteiger partial charge in [-0.25, -0.2) is 9.82 Å². The van der Waals surface area contributed by atoms with E-state index in [9.17, 15) is 9.18 Å². The van der Waals surface area contributed by atoms with Crippen molar-refractivity contribution in [2.24, 2.45) is 16.5 Å². The number of amides is 1. The Bertz CT molecular complexity index is 951. The molecule has 2 aromatic carbocycles. The number of hydrogen-bond donors (Lipinski definition) is 3. The fraction of sp³-hybridized carbons (Fsp3) is 0.200. The highest BCUT2D eigenvalue weighted by molar-refractivity contribution is 6.11. The van der Waals surface area contributed by atoms with Crippen LogP contribution >= 0.6 is 0 Å². The van der Waals surface area contributed by atoms with Crippen molar-refractivity contribution < 1.29 is 9.18 Å². The molecular formula is C20H22FN5O. The third-order valence-corrected chi connectivity index (χ3v) is 4.62. The molecule has 0 atom stereocenters. The first-order chi connectivity index (χ1) is 13.0. The lowest BCUT2D eigenvalue weighted by Crippen LogP contribution is -2.26. The Morgan fingerprint density at radius 2 is 2.00 bits per heavy atom. The SMILES string of the molecule is CN=C(CN)c1cc(C2=C(c3cccc(F)c3)N(C)NC2)ccc1C(N)=O. The van der Waals surface area contributed by atoms with Gasteiger partial charge in [-0.1, -0.05) is 18.2 Å². The number of nitrogens with two attached hydrogens (primary N) is 2. The van der Waals surface area contributed by atoms with Crippen molar-refractivity contribution in [3.8, 4) is 0 Å². The molecule has 0 bridgehead atoms. The second kappa shape index (κ2) is 7.69. The summed E-state index contributed by atoms with van der Waals surface area (Å²) in [6.45, 7) is 0.757. The van der Waals surface area contributed by atoms with Gasteiger partial charge in [0, 0.05) is 49.4 Å². The van der Waals surface area contributed by atoms with Crippen LogP contribution in [0.3, 0.4) is 0 Å². The van der Waals surface area contributed by atoms with E-state index in [0.717, 1.165) is 22.4 Å². The lowest BCUT2D eigenvalue weighted by molar-refractivity contribution is 0.1000. The summed E-state index contributed by atoms with van der Waals surface area (Å²) < 4.78 is 13.7. The molecule has 140 valence electrons. The Kier molecular flexibility index (Phi) is 5.34. The average molecular weight is 367 g/mol. The van der Waals surface area contributed by atoms with Crippen molar-refractivity contribution in [2.45, 2.75) is 0 Å². The number of benzene rings is 2. The summed E-state index contributed by atoms with van der Waals surface area (Å²) in [5.41, 5.74) is 19.6. The Hall–Kier alpha value is -3.03. The van der Waals surface area contributed by atoms with Crippen LogP contribution in [-0.2, 0) is 0 Å². The molecule has 7 heteroatoms. The molecule has 6 nitrogen and oxygen atoms in total. The first-order valence-corrected chi connectivity index (χ1v) is 8.53. The number of rotatable bonds is 5. The van der Waals surface area contributed by atoms with Gasteiger partial charge in [-0.05, 0) is 29.8 Å². The Labute approximate surface area is 157 Å². The summed E-state index contributed by atoms with van der Waals surface area (Å²) in [5, 5.41) is 1.86. The second-order valence-corrected chi connectivity index (χ2v) is 6.23. The number of carbonyl (C=O) groups is 1. The van der Waals surface area contributed by atoms with Crippen molar-refractivity contribution in [2.75, 3.05) is 27.2 Å². The number of halogens is 1. The largest absolute Gasteiger partial charge is 0.366 e. The first kappa shape index (κ1) is 18.8. The summed E-state index contributed by atoms with van der Waals surface area (Å²) >= 11 is 0. The van der Waals surface area contributed by atoms with Crippen LogP contribution in [0.15, 0.2) is 47.5 Å². The van der Waals surface area contributed by atoms with E-state index in [1.807, 2.05) is 30.3 Å². The summed E-state index contributed by atoms with van der Waals surface area (Å²) in [6.07, 6.45) is 0. The molecule has 1 aliphatic heterocycles. The molecule has 0 fully saturated rings. The number of hydrogen-bond acceptors (Lipinski definition) is 5. The van der Waals surface area contributed by atoms with Gasteiger partial charge in [0.25, 0.3) is 0 Å².